The molecule has 0 spiro atoms. The predicted octanol–water partition coefficient (Wildman–Crippen LogP) is -0.514. The normalized spacial score (nSPS) is 10.4. The molecule has 0 radical (unpaired) electrons. The van der Waals surface area contributed by atoms with E-state index in [9.17, 15) is 4.79 Å². The molecule has 0 aliphatic rings. The molecule has 3 heteroatoms. The summed E-state index contributed by atoms with van der Waals surface area (Å²) in [7, 11) is 0. The highest BCUT2D eigenvalue weighted by atomic mass is 16.3. The standard InChI is InChI=1S/C6H10O3/c7-4-1-2-6(9)3-5-8/h1-2,7-8H,3-5H2. The van der Waals surface area contributed by atoms with Crippen LogP contribution in [-0.2, 0) is 4.79 Å². The van der Waals surface area contributed by atoms with Crippen molar-refractivity contribution in [2.75, 3.05) is 13.2 Å². The number of hydrogen-bond acceptors (Lipinski definition) is 3. The molecule has 0 rings (SSSR count). The number of aliphatic hydroxyl groups is 2. The van der Waals surface area contributed by atoms with Gasteiger partial charge in [0.1, 0.15) is 0 Å². The summed E-state index contributed by atoms with van der Waals surface area (Å²) >= 11 is 0. The molecule has 3 nitrogen and oxygen atoms in total. The van der Waals surface area contributed by atoms with Crippen LogP contribution < -0.4 is 0 Å². The lowest BCUT2D eigenvalue weighted by Gasteiger charge is -1.85. The van der Waals surface area contributed by atoms with E-state index in [4.69, 9.17) is 10.2 Å². The summed E-state index contributed by atoms with van der Waals surface area (Å²) < 4.78 is 0. The van der Waals surface area contributed by atoms with Crippen molar-refractivity contribution in [1.29, 1.82) is 0 Å². The highest BCUT2D eigenvalue weighted by Crippen LogP contribution is 1.82. The second-order valence-electron chi connectivity index (χ2n) is 1.52. The lowest BCUT2D eigenvalue weighted by Crippen LogP contribution is -1.95. The fraction of sp³-hybridized carbons (Fsp3) is 0.500. The van der Waals surface area contributed by atoms with Gasteiger partial charge in [-0.15, -0.1) is 0 Å². The van der Waals surface area contributed by atoms with Gasteiger partial charge < -0.3 is 10.2 Å². The summed E-state index contributed by atoms with van der Waals surface area (Å²) in [5.74, 6) is -0.161. The van der Waals surface area contributed by atoms with Crippen molar-refractivity contribution in [3.63, 3.8) is 0 Å². The van der Waals surface area contributed by atoms with E-state index in [1.54, 1.807) is 0 Å². The molecule has 2 N–H and O–H groups in total. The molecular weight excluding hydrogens is 120 g/mol. The van der Waals surface area contributed by atoms with Gasteiger partial charge in [-0.2, -0.15) is 0 Å². The van der Waals surface area contributed by atoms with Crippen molar-refractivity contribution in [3.8, 4) is 0 Å². The zero-order valence-electron chi connectivity index (χ0n) is 5.08. The number of hydrogen-bond donors (Lipinski definition) is 2. The fourth-order valence-electron chi connectivity index (χ4n) is 0.378. The third kappa shape index (κ3) is 5.20. The van der Waals surface area contributed by atoms with Crippen LogP contribution in [0.5, 0.6) is 0 Å². The number of ketones is 1. The topological polar surface area (TPSA) is 57.5 Å². The third-order valence-corrected chi connectivity index (χ3v) is 0.767. The summed E-state index contributed by atoms with van der Waals surface area (Å²) in [5.41, 5.74) is 0. The lowest BCUT2D eigenvalue weighted by atomic mass is 10.3. The van der Waals surface area contributed by atoms with Crippen molar-refractivity contribution >= 4 is 5.78 Å². The van der Waals surface area contributed by atoms with E-state index in [0.717, 1.165) is 0 Å². The maximum atomic E-state index is 10.4. The summed E-state index contributed by atoms with van der Waals surface area (Å²) in [4.78, 5) is 10.4. The maximum Gasteiger partial charge on any atom is 0.157 e. The minimum atomic E-state index is -0.161. The highest BCUT2D eigenvalue weighted by Gasteiger charge is 1.91. The van der Waals surface area contributed by atoms with Gasteiger partial charge in [0.25, 0.3) is 0 Å². The Bertz CT molecular complexity index is 107. The highest BCUT2D eigenvalue weighted by molar-refractivity contribution is 5.89. The van der Waals surface area contributed by atoms with Crippen LogP contribution in [0.1, 0.15) is 6.42 Å². The van der Waals surface area contributed by atoms with Gasteiger partial charge in [-0.25, -0.2) is 0 Å². The first-order chi connectivity index (χ1) is 4.31. The zero-order chi connectivity index (χ0) is 7.11. The number of carbonyl (C=O) groups is 1. The summed E-state index contributed by atoms with van der Waals surface area (Å²) in [5, 5.41) is 16.4. The van der Waals surface area contributed by atoms with E-state index in [0.29, 0.717) is 0 Å². The molecule has 0 aromatic rings. The van der Waals surface area contributed by atoms with Crippen LogP contribution in [0.3, 0.4) is 0 Å². The molecule has 0 bridgehead atoms. The molecule has 0 heterocycles. The van der Waals surface area contributed by atoms with Crippen molar-refractivity contribution in [2.45, 2.75) is 6.42 Å². The van der Waals surface area contributed by atoms with Gasteiger partial charge in [0.15, 0.2) is 5.78 Å². The van der Waals surface area contributed by atoms with E-state index < -0.39 is 0 Å². The summed E-state index contributed by atoms with van der Waals surface area (Å²) in [6, 6.07) is 0. The fourth-order valence-corrected chi connectivity index (χ4v) is 0.378. The molecule has 0 aliphatic carbocycles. The molecule has 0 amide bonds. The van der Waals surface area contributed by atoms with Crippen molar-refractivity contribution < 1.29 is 15.0 Å². The molecule has 0 saturated carbocycles. The monoisotopic (exact) mass is 130 g/mol. The Morgan fingerprint density at radius 2 is 2.11 bits per heavy atom. The van der Waals surface area contributed by atoms with Crippen molar-refractivity contribution in [1.82, 2.24) is 0 Å². The van der Waals surface area contributed by atoms with Gasteiger partial charge in [-0.1, -0.05) is 6.08 Å². The quantitative estimate of drug-likeness (QED) is 0.504. The van der Waals surface area contributed by atoms with Gasteiger partial charge in [0.2, 0.25) is 0 Å². The van der Waals surface area contributed by atoms with E-state index in [1.807, 2.05) is 0 Å². The Hall–Kier alpha value is -0.670. The SMILES string of the molecule is O=C(C=CCO)CCO. The molecule has 0 atom stereocenters. The second kappa shape index (κ2) is 5.47. The van der Waals surface area contributed by atoms with Crippen molar-refractivity contribution in [2.24, 2.45) is 0 Å². The molecular formula is C6H10O3. The summed E-state index contributed by atoms with van der Waals surface area (Å²) in [6.07, 6.45) is 2.74. The van der Waals surface area contributed by atoms with E-state index in [-0.39, 0.29) is 25.4 Å². The molecule has 0 aliphatic heterocycles. The molecule has 0 fully saturated rings. The number of carbonyl (C=O) groups excluding carboxylic acids is 1. The number of allylic oxidation sites excluding steroid dienone is 1. The van der Waals surface area contributed by atoms with E-state index in [2.05, 4.69) is 0 Å². The van der Waals surface area contributed by atoms with E-state index >= 15 is 0 Å². The van der Waals surface area contributed by atoms with Crippen LogP contribution in [-0.4, -0.2) is 29.2 Å². The van der Waals surface area contributed by atoms with Gasteiger partial charge in [-0.3, -0.25) is 4.79 Å². The third-order valence-electron chi connectivity index (χ3n) is 0.767. The smallest absolute Gasteiger partial charge is 0.157 e. The van der Waals surface area contributed by atoms with Crippen LogP contribution in [0.25, 0.3) is 0 Å². The first kappa shape index (κ1) is 8.33. The van der Waals surface area contributed by atoms with Crippen LogP contribution in [0.4, 0.5) is 0 Å². The number of rotatable bonds is 4. The Kier molecular flexibility index (Phi) is 5.06. The predicted molar refractivity (Wildman–Crippen MR) is 32.9 cm³/mol. The first-order valence-electron chi connectivity index (χ1n) is 2.72. The van der Waals surface area contributed by atoms with Gasteiger partial charge in [0.05, 0.1) is 13.2 Å². The lowest BCUT2D eigenvalue weighted by molar-refractivity contribution is -0.115. The Labute approximate surface area is 53.6 Å². The van der Waals surface area contributed by atoms with Crippen LogP contribution in [0, 0.1) is 0 Å². The average molecular weight is 130 g/mol. The molecule has 0 aromatic heterocycles. The van der Waals surface area contributed by atoms with Gasteiger partial charge in [0, 0.05) is 6.42 Å². The molecule has 52 valence electrons. The van der Waals surface area contributed by atoms with Crippen LogP contribution in [0.15, 0.2) is 12.2 Å². The minimum absolute atomic E-state index is 0.128. The Morgan fingerprint density at radius 1 is 1.44 bits per heavy atom. The average Bonchev–Trinajstić information content (AvgIpc) is 1.85. The Morgan fingerprint density at radius 3 is 2.56 bits per heavy atom. The molecule has 0 aromatic carbocycles. The summed E-state index contributed by atoms with van der Waals surface area (Å²) in [6.45, 7) is -0.258. The first-order valence-corrected chi connectivity index (χ1v) is 2.72. The zero-order valence-corrected chi connectivity index (χ0v) is 5.08. The van der Waals surface area contributed by atoms with Crippen molar-refractivity contribution in [3.05, 3.63) is 12.2 Å². The van der Waals surface area contributed by atoms with Crippen LogP contribution >= 0.6 is 0 Å². The van der Waals surface area contributed by atoms with E-state index in [1.165, 1.54) is 12.2 Å². The maximum absolute atomic E-state index is 10.4. The van der Waals surface area contributed by atoms with Crippen LogP contribution in [0.2, 0.25) is 0 Å². The Balaban J connectivity index is 3.37. The second-order valence-corrected chi connectivity index (χ2v) is 1.52. The minimum Gasteiger partial charge on any atom is -0.396 e. The molecule has 0 saturated heterocycles. The number of aliphatic hydroxyl groups excluding tert-OH is 2. The van der Waals surface area contributed by atoms with Gasteiger partial charge >= 0.3 is 0 Å². The largest absolute Gasteiger partial charge is 0.396 e. The molecule has 0 unspecified atom stereocenters. The van der Waals surface area contributed by atoms with Gasteiger partial charge in [-0.05, 0) is 6.08 Å². The molecule has 9 heavy (non-hydrogen) atoms.